The Morgan fingerprint density at radius 2 is 1.52 bits per heavy atom. The number of amides is 3. The van der Waals surface area contributed by atoms with Crippen molar-refractivity contribution in [2.75, 3.05) is 32.7 Å². The fourth-order valence-electron chi connectivity index (χ4n) is 3.14. The lowest BCUT2D eigenvalue weighted by molar-refractivity contribution is -0.129. The van der Waals surface area contributed by atoms with Gasteiger partial charge in [-0.25, -0.2) is 0 Å². The summed E-state index contributed by atoms with van der Waals surface area (Å²) >= 11 is 11.9. The smallest absolute Gasteiger partial charge is 0.253 e. The molecule has 3 rings (SSSR count). The van der Waals surface area contributed by atoms with Gasteiger partial charge < -0.3 is 15.1 Å². The summed E-state index contributed by atoms with van der Waals surface area (Å²) in [6.07, 6.45) is 0.658. The van der Waals surface area contributed by atoms with Gasteiger partial charge in [0, 0.05) is 37.3 Å². The third-order valence-electron chi connectivity index (χ3n) is 4.74. The second-order valence-corrected chi connectivity index (χ2v) is 7.52. The van der Waals surface area contributed by atoms with Crippen molar-refractivity contribution in [2.24, 2.45) is 0 Å². The van der Waals surface area contributed by atoms with E-state index in [0.29, 0.717) is 53.8 Å². The zero-order chi connectivity index (χ0) is 20.8. The van der Waals surface area contributed by atoms with E-state index in [-0.39, 0.29) is 24.3 Å². The molecule has 1 N–H and O–H groups in total. The van der Waals surface area contributed by atoms with Gasteiger partial charge in [0.2, 0.25) is 5.91 Å². The first kappa shape index (κ1) is 21.1. The van der Waals surface area contributed by atoms with E-state index in [1.807, 2.05) is 6.07 Å². The van der Waals surface area contributed by atoms with E-state index in [4.69, 9.17) is 23.2 Å². The number of nitrogens with zero attached hydrogens (tertiary/aromatic N) is 2. The first-order valence-electron chi connectivity index (χ1n) is 9.31. The minimum atomic E-state index is -0.287. The standard InChI is InChI=1S/C21H21Cl2N3O3/c22-17-8-7-16(13-18(17)23)21(29)26-10-4-9-25(11-12-26)19(27)14-24-20(28)15-5-2-1-3-6-15/h1-3,5-8,13H,4,9-12,14H2,(H,24,28). The largest absolute Gasteiger partial charge is 0.343 e. The molecular formula is C21H21Cl2N3O3. The first-order valence-corrected chi connectivity index (χ1v) is 10.1. The molecule has 0 aromatic heterocycles. The van der Waals surface area contributed by atoms with Gasteiger partial charge in [0.15, 0.2) is 0 Å². The molecule has 0 atom stereocenters. The van der Waals surface area contributed by atoms with Crippen LogP contribution >= 0.6 is 23.2 Å². The van der Waals surface area contributed by atoms with E-state index < -0.39 is 0 Å². The van der Waals surface area contributed by atoms with Crippen LogP contribution < -0.4 is 5.32 Å². The molecule has 8 heteroatoms. The second-order valence-electron chi connectivity index (χ2n) is 6.70. The maximum Gasteiger partial charge on any atom is 0.253 e. The molecule has 0 aliphatic carbocycles. The zero-order valence-corrected chi connectivity index (χ0v) is 17.2. The van der Waals surface area contributed by atoms with Crippen LogP contribution in [-0.2, 0) is 4.79 Å². The number of carbonyl (C=O) groups excluding carboxylic acids is 3. The molecule has 3 amide bonds. The average Bonchev–Trinajstić information content (AvgIpc) is 3.00. The van der Waals surface area contributed by atoms with Gasteiger partial charge in [0.1, 0.15) is 0 Å². The molecule has 1 heterocycles. The monoisotopic (exact) mass is 433 g/mol. The molecule has 0 spiro atoms. The van der Waals surface area contributed by atoms with Crippen molar-refractivity contribution in [1.29, 1.82) is 0 Å². The highest BCUT2D eigenvalue weighted by Crippen LogP contribution is 2.23. The summed E-state index contributed by atoms with van der Waals surface area (Å²) in [6.45, 7) is 1.82. The van der Waals surface area contributed by atoms with Gasteiger partial charge in [-0.1, -0.05) is 41.4 Å². The lowest BCUT2D eigenvalue weighted by atomic mass is 10.2. The molecule has 152 valence electrons. The predicted molar refractivity (Wildman–Crippen MR) is 112 cm³/mol. The Kier molecular flexibility index (Phi) is 7.12. The Morgan fingerprint density at radius 1 is 0.828 bits per heavy atom. The van der Waals surface area contributed by atoms with Gasteiger partial charge >= 0.3 is 0 Å². The minimum Gasteiger partial charge on any atom is -0.343 e. The summed E-state index contributed by atoms with van der Waals surface area (Å²) < 4.78 is 0. The molecule has 1 saturated heterocycles. The van der Waals surface area contributed by atoms with Crippen LogP contribution in [0.1, 0.15) is 27.1 Å². The van der Waals surface area contributed by atoms with E-state index in [1.165, 1.54) is 0 Å². The Morgan fingerprint density at radius 3 is 2.24 bits per heavy atom. The molecular weight excluding hydrogens is 413 g/mol. The Hall–Kier alpha value is -2.57. The molecule has 1 aliphatic heterocycles. The Balaban J connectivity index is 1.53. The molecule has 0 bridgehead atoms. The summed E-state index contributed by atoms with van der Waals surface area (Å²) in [5, 5.41) is 3.38. The number of hydrogen-bond acceptors (Lipinski definition) is 3. The SMILES string of the molecule is O=C(NCC(=O)N1CCCN(C(=O)c2ccc(Cl)c(Cl)c2)CC1)c1ccccc1. The highest BCUT2D eigenvalue weighted by molar-refractivity contribution is 6.42. The lowest BCUT2D eigenvalue weighted by Crippen LogP contribution is -2.42. The van der Waals surface area contributed by atoms with Gasteiger partial charge in [0.25, 0.3) is 11.8 Å². The van der Waals surface area contributed by atoms with E-state index in [1.54, 1.807) is 52.3 Å². The summed E-state index contributed by atoms with van der Waals surface area (Å²) in [5.41, 5.74) is 0.976. The highest BCUT2D eigenvalue weighted by Gasteiger charge is 2.23. The third kappa shape index (κ3) is 5.49. The van der Waals surface area contributed by atoms with E-state index in [0.717, 1.165) is 0 Å². The van der Waals surface area contributed by atoms with Crippen LogP contribution in [0.2, 0.25) is 10.0 Å². The second kappa shape index (κ2) is 9.76. The van der Waals surface area contributed by atoms with Gasteiger partial charge in [-0.3, -0.25) is 14.4 Å². The van der Waals surface area contributed by atoms with Crippen LogP contribution in [0, 0.1) is 0 Å². The van der Waals surface area contributed by atoms with Crippen molar-refractivity contribution in [3.05, 3.63) is 69.7 Å². The van der Waals surface area contributed by atoms with Gasteiger partial charge in [-0.05, 0) is 36.8 Å². The van der Waals surface area contributed by atoms with Gasteiger partial charge in [0.05, 0.1) is 16.6 Å². The Bertz CT molecular complexity index is 905. The maximum atomic E-state index is 12.7. The molecule has 2 aromatic rings. The van der Waals surface area contributed by atoms with Crippen molar-refractivity contribution >= 4 is 40.9 Å². The third-order valence-corrected chi connectivity index (χ3v) is 5.48. The quantitative estimate of drug-likeness (QED) is 0.804. The lowest BCUT2D eigenvalue weighted by Gasteiger charge is -2.22. The van der Waals surface area contributed by atoms with Crippen LogP contribution in [0.4, 0.5) is 0 Å². The van der Waals surface area contributed by atoms with E-state index in [9.17, 15) is 14.4 Å². The molecule has 2 aromatic carbocycles. The number of hydrogen-bond donors (Lipinski definition) is 1. The van der Waals surface area contributed by atoms with E-state index >= 15 is 0 Å². The number of nitrogens with one attached hydrogen (secondary N) is 1. The fraction of sp³-hybridized carbons (Fsp3) is 0.286. The van der Waals surface area contributed by atoms with Crippen LogP contribution in [0.3, 0.4) is 0 Å². The van der Waals surface area contributed by atoms with Crippen LogP contribution in [0.15, 0.2) is 48.5 Å². The number of halogens is 2. The van der Waals surface area contributed by atoms with Gasteiger partial charge in [-0.15, -0.1) is 0 Å². The van der Waals surface area contributed by atoms with Crippen LogP contribution in [-0.4, -0.2) is 60.2 Å². The molecule has 6 nitrogen and oxygen atoms in total. The van der Waals surface area contributed by atoms with Crippen LogP contribution in [0.5, 0.6) is 0 Å². The minimum absolute atomic E-state index is 0.0749. The number of carbonyl (C=O) groups is 3. The van der Waals surface area contributed by atoms with Crippen molar-refractivity contribution in [3.63, 3.8) is 0 Å². The Labute approximate surface area is 179 Å². The number of benzene rings is 2. The normalized spacial score (nSPS) is 14.3. The topological polar surface area (TPSA) is 69.7 Å². The van der Waals surface area contributed by atoms with Crippen molar-refractivity contribution in [1.82, 2.24) is 15.1 Å². The molecule has 0 radical (unpaired) electrons. The number of rotatable bonds is 4. The molecule has 0 saturated carbocycles. The van der Waals surface area contributed by atoms with Crippen molar-refractivity contribution in [3.8, 4) is 0 Å². The van der Waals surface area contributed by atoms with Crippen molar-refractivity contribution in [2.45, 2.75) is 6.42 Å². The molecule has 29 heavy (non-hydrogen) atoms. The average molecular weight is 434 g/mol. The van der Waals surface area contributed by atoms with E-state index in [2.05, 4.69) is 5.32 Å². The summed E-state index contributed by atoms with van der Waals surface area (Å²) in [4.78, 5) is 40.7. The molecule has 0 unspecified atom stereocenters. The molecule has 1 aliphatic rings. The maximum absolute atomic E-state index is 12.7. The predicted octanol–water partition coefficient (Wildman–Crippen LogP) is 3.10. The molecule has 1 fully saturated rings. The van der Waals surface area contributed by atoms with Crippen LogP contribution in [0.25, 0.3) is 0 Å². The van der Waals surface area contributed by atoms with Gasteiger partial charge in [-0.2, -0.15) is 0 Å². The first-order chi connectivity index (χ1) is 14.0. The summed E-state index contributed by atoms with van der Waals surface area (Å²) in [6, 6.07) is 13.5. The summed E-state index contributed by atoms with van der Waals surface area (Å²) in [5.74, 6) is -0.599. The zero-order valence-electron chi connectivity index (χ0n) is 15.7. The summed E-state index contributed by atoms with van der Waals surface area (Å²) in [7, 11) is 0. The van der Waals surface area contributed by atoms with Crippen molar-refractivity contribution < 1.29 is 14.4 Å². The highest BCUT2D eigenvalue weighted by atomic mass is 35.5. The fourth-order valence-corrected chi connectivity index (χ4v) is 3.44.